The van der Waals surface area contributed by atoms with Crippen LogP contribution in [0.4, 0.5) is 0 Å². The molecule has 0 rings (SSSR count). The van der Waals surface area contributed by atoms with Crippen molar-refractivity contribution in [3.05, 3.63) is 0 Å². The van der Waals surface area contributed by atoms with Crippen molar-refractivity contribution in [3.63, 3.8) is 0 Å². The van der Waals surface area contributed by atoms with Gasteiger partial charge in [-0.2, -0.15) is 0 Å². The van der Waals surface area contributed by atoms with Gasteiger partial charge in [0.15, 0.2) is 6.10 Å². The molecule has 0 aromatic carbocycles. The van der Waals surface area contributed by atoms with Crippen LogP contribution in [-0.2, 0) is 37.5 Å². The second-order valence-corrected chi connectivity index (χ2v) is 19.5. The van der Waals surface area contributed by atoms with Gasteiger partial charge >= 0.3 is 25.7 Å². The van der Waals surface area contributed by atoms with Crippen LogP contribution in [0.2, 0.25) is 0 Å². The van der Waals surface area contributed by atoms with Gasteiger partial charge in [-0.25, -0.2) is 4.57 Å². The highest BCUT2D eigenvalue weighted by molar-refractivity contribution is 7.47. The zero-order valence-corrected chi connectivity index (χ0v) is 41.1. The lowest BCUT2D eigenvalue weighted by Crippen LogP contribution is -2.34. The van der Waals surface area contributed by atoms with Crippen LogP contribution < -0.4 is 5.73 Å². The number of esters is 2. The van der Waals surface area contributed by atoms with Crippen molar-refractivity contribution in [2.75, 3.05) is 19.8 Å². The third kappa shape index (κ3) is 45.1. The molecule has 0 spiro atoms. The molecule has 62 heavy (non-hydrogen) atoms. The summed E-state index contributed by atoms with van der Waals surface area (Å²) in [5, 5.41) is 8.92. The van der Waals surface area contributed by atoms with Crippen molar-refractivity contribution < 1.29 is 47.5 Å². The molecule has 11 nitrogen and oxygen atoms in total. The Bertz CT molecular complexity index is 1060. The minimum Gasteiger partial charge on any atom is -0.480 e. The molecule has 12 heteroatoms. The summed E-state index contributed by atoms with van der Waals surface area (Å²) in [6.07, 6.45) is 47.4. The molecular formula is C50H98NO10P. The highest BCUT2D eigenvalue weighted by atomic mass is 31.2. The van der Waals surface area contributed by atoms with E-state index in [0.29, 0.717) is 12.8 Å². The average molecular weight is 904 g/mol. The second kappa shape index (κ2) is 46.0. The van der Waals surface area contributed by atoms with Crippen molar-refractivity contribution >= 4 is 25.7 Å². The number of phosphoric ester groups is 1. The normalized spacial score (nSPS) is 13.5. The van der Waals surface area contributed by atoms with Crippen LogP contribution in [0.5, 0.6) is 0 Å². The molecule has 0 saturated heterocycles. The van der Waals surface area contributed by atoms with E-state index in [1.54, 1.807) is 0 Å². The van der Waals surface area contributed by atoms with Crippen LogP contribution in [0.25, 0.3) is 0 Å². The van der Waals surface area contributed by atoms with E-state index in [1.807, 2.05) is 0 Å². The van der Waals surface area contributed by atoms with E-state index in [0.717, 1.165) is 38.5 Å². The molecule has 0 radical (unpaired) electrons. The molecule has 0 heterocycles. The molecule has 0 fully saturated rings. The molecule has 0 aliphatic heterocycles. The quantitative estimate of drug-likeness (QED) is 0.0301. The van der Waals surface area contributed by atoms with E-state index in [-0.39, 0.29) is 19.4 Å². The number of carboxylic acids is 1. The first-order valence-corrected chi connectivity index (χ1v) is 27.6. The zero-order valence-electron chi connectivity index (χ0n) is 40.2. The number of aliphatic carboxylic acids is 1. The monoisotopic (exact) mass is 904 g/mol. The Morgan fingerprint density at radius 3 is 1.02 bits per heavy atom. The van der Waals surface area contributed by atoms with E-state index in [9.17, 15) is 23.8 Å². The largest absolute Gasteiger partial charge is 0.480 e. The van der Waals surface area contributed by atoms with E-state index in [2.05, 4.69) is 18.4 Å². The maximum atomic E-state index is 12.7. The number of carbonyl (C=O) groups excluding carboxylic acids is 2. The lowest BCUT2D eigenvalue weighted by molar-refractivity contribution is -0.161. The number of hydrogen-bond acceptors (Lipinski definition) is 9. The van der Waals surface area contributed by atoms with Crippen LogP contribution >= 0.6 is 7.82 Å². The first-order chi connectivity index (χ1) is 30.1. The van der Waals surface area contributed by atoms with Crippen molar-refractivity contribution in [3.8, 4) is 0 Å². The van der Waals surface area contributed by atoms with Gasteiger partial charge < -0.3 is 25.2 Å². The molecule has 1 unspecified atom stereocenters. The number of hydrogen-bond donors (Lipinski definition) is 3. The molecule has 0 aliphatic rings. The van der Waals surface area contributed by atoms with Gasteiger partial charge in [-0.3, -0.25) is 23.4 Å². The first kappa shape index (κ1) is 60.5. The van der Waals surface area contributed by atoms with E-state index < -0.39 is 51.1 Å². The van der Waals surface area contributed by atoms with Crippen molar-refractivity contribution in [1.82, 2.24) is 0 Å². The molecule has 0 aromatic rings. The minimum absolute atomic E-state index is 0.170. The number of rotatable bonds is 50. The second-order valence-electron chi connectivity index (χ2n) is 18.0. The fourth-order valence-electron chi connectivity index (χ4n) is 7.77. The van der Waals surface area contributed by atoms with Gasteiger partial charge in [0.1, 0.15) is 12.6 Å². The Labute approximate surface area is 380 Å². The van der Waals surface area contributed by atoms with Crippen molar-refractivity contribution in [2.24, 2.45) is 5.73 Å². The summed E-state index contributed by atoms with van der Waals surface area (Å²) < 4.78 is 32.9. The topological polar surface area (TPSA) is 172 Å². The molecule has 0 aromatic heterocycles. The van der Waals surface area contributed by atoms with Crippen LogP contribution in [0, 0.1) is 0 Å². The number of nitrogens with two attached hydrogens (primary N) is 1. The summed E-state index contributed by atoms with van der Waals surface area (Å²) in [7, 11) is -4.71. The molecule has 0 bridgehead atoms. The number of unbranched alkanes of at least 4 members (excludes halogenated alkanes) is 36. The summed E-state index contributed by atoms with van der Waals surface area (Å²) in [6, 6.07) is -1.52. The third-order valence-corrected chi connectivity index (χ3v) is 12.8. The lowest BCUT2D eigenvalue weighted by atomic mass is 10.0. The molecule has 4 N–H and O–H groups in total. The maximum Gasteiger partial charge on any atom is 0.472 e. The molecule has 0 saturated carbocycles. The summed E-state index contributed by atoms with van der Waals surface area (Å²) in [5.41, 5.74) is 5.35. The standard InChI is InChI=1S/C50H98NO10P/c1-3-5-7-9-11-13-15-17-19-21-22-23-24-26-28-30-32-34-36-38-40-42-49(53)61-46(44-59-62(56,57)60-45-47(51)50(54)55)43-58-48(52)41-39-37-35-33-31-29-27-25-20-18-16-14-12-10-8-6-4-2/h46-47H,3-45,51H2,1-2H3,(H,54,55)(H,56,57)/t46-,47+/m1/s1. The summed E-state index contributed by atoms with van der Waals surface area (Å²) in [5.74, 6) is -2.35. The molecule has 0 aliphatic carbocycles. The minimum atomic E-state index is -4.71. The predicted octanol–water partition coefficient (Wildman–Crippen LogP) is 14.6. The van der Waals surface area contributed by atoms with Crippen LogP contribution in [0.1, 0.15) is 271 Å². The van der Waals surface area contributed by atoms with Gasteiger partial charge in [-0.1, -0.05) is 245 Å². The Morgan fingerprint density at radius 2 is 0.710 bits per heavy atom. The van der Waals surface area contributed by atoms with Crippen molar-refractivity contribution in [2.45, 2.75) is 283 Å². The average Bonchev–Trinajstić information content (AvgIpc) is 3.25. The number of carboxylic acid groups (broad SMARTS) is 1. The van der Waals surface area contributed by atoms with Gasteiger partial charge in [0.2, 0.25) is 0 Å². The summed E-state index contributed by atoms with van der Waals surface area (Å²) in [4.78, 5) is 46.2. The van der Waals surface area contributed by atoms with Crippen LogP contribution in [-0.4, -0.2) is 59.9 Å². The lowest BCUT2D eigenvalue weighted by Gasteiger charge is -2.20. The van der Waals surface area contributed by atoms with Gasteiger partial charge in [0.25, 0.3) is 0 Å². The molecule has 3 atom stereocenters. The predicted molar refractivity (Wildman–Crippen MR) is 254 cm³/mol. The van der Waals surface area contributed by atoms with Gasteiger partial charge in [0, 0.05) is 12.8 Å². The number of ether oxygens (including phenoxy) is 2. The van der Waals surface area contributed by atoms with Gasteiger partial charge in [-0.05, 0) is 12.8 Å². The zero-order chi connectivity index (χ0) is 45.6. The van der Waals surface area contributed by atoms with E-state index in [4.69, 9.17) is 24.8 Å². The summed E-state index contributed by atoms with van der Waals surface area (Å²) >= 11 is 0. The SMILES string of the molecule is CCCCCCCCCCCCCCCCCCCCCCCC(=O)O[C@H](COC(=O)CCCCCCCCCCCCCCCCCCC)COP(=O)(O)OC[C@H](N)C(=O)O. The summed E-state index contributed by atoms with van der Waals surface area (Å²) in [6.45, 7) is 2.87. The van der Waals surface area contributed by atoms with Gasteiger partial charge in [0.05, 0.1) is 13.2 Å². The fourth-order valence-corrected chi connectivity index (χ4v) is 8.55. The van der Waals surface area contributed by atoms with E-state index >= 15 is 0 Å². The fraction of sp³-hybridized carbons (Fsp3) is 0.940. The Hall–Kier alpha value is -1.52. The van der Waals surface area contributed by atoms with Crippen LogP contribution in [0.15, 0.2) is 0 Å². The van der Waals surface area contributed by atoms with Crippen molar-refractivity contribution in [1.29, 1.82) is 0 Å². The Morgan fingerprint density at radius 1 is 0.435 bits per heavy atom. The molecule has 368 valence electrons. The molecular weight excluding hydrogens is 806 g/mol. The number of phosphoric acid groups is 1. The van der Waals surface area contributed by atoms with E-state index in [1.165, 1.54) is 193 Å². The highest BCUT2D eigenvalue weighted by Gasteiger charge is 2.28. The Kier molecular flexibility index (Phi) is 44.9. The number of carbonyl (C=O) groups is 3. The third-order valence-electron chi connectivity index (χ3n) is 11.9. The highest BCUT2D eigenvalue weighted by Crippen LogP contribution is 2.43. The Balaban J connectivity index is 4.18. The van der Waals surface area contributed by atoms with Crippen LogP contribution in [0.3, 0.4) is 0 Å². The molecule has 0 amide bonds. The smallest absolute Gasteiger partial charge is 0.472 e. The van der Waals surface area contributed by atoms with Gasteiger partial charge in [-0.15, -0.1) is 0 Å². The maximum absolute atomic E-state index is 12.7. The first-order valence-electron chi connectivity index (χ1n) is 26.1.